The second kappa shape index (κ2) is 10.1. The van der Waals surface area contributed by atoms with Gasteiger partial charge in [-0.15, -0.1) is 0 Å². The number of nitrogens with zero attached hydrogens (tertiary/aromatic N) is 1. The zero-order valence-electron chi connectivity index (χ0n) is 15.5. The van der Waals surface area contributed by atoms with E-state index in [2.05, 4.69) is 0 Å². The third-order valence-electron chi connectivity index (χ3n) is 4.08. The van der Waals surface area contributed by atoms with Crippen LogP contribution in [0.1, 0.15) is 16.7 Å². The Morgan fingerprint density at radius 3 is 2.28 bits per heavy atom. The van der Waals surface area contributed by atoms with Gasteiger partial charge in [-0.25, -0.2) is 4.79 Å². The number of esters is 1. The predicted molar refractivity (Wildman–Crippen MR) is 112 cm³/mol. The quantitative estimate of drug-likeness (QED) is 0.294. The van der Waals surface area contributed by atoms with Crippen LogP contribution in [0.25, 0.3) is 6.08 Å². The van der Waals surface area contributed by atoms with Gasteiger partial charge in [-0.2, -0.15) is 5.26 Å². The van der Waals surface area contributed by atoms with Crippen LogP contribution in [0.2, 0.25) is 5.02 Å². The van der Waals surface area contributed by atoms with E-state index in [-0.39, 0.29) is 12.2 Å². The molecule has 0 aliphatic rings. The molecule has 0 aliphatic heterocycles. The molecule has 0 fully saturated rings. The average molecular weight is 404 g/mol. The number of hydrogen-bond acceptors (Lipinski definition) is 4. The summed E-state index contributed by atoms with van der Waals surface area (Å²) < 4.78 is 11.1. The maximum atomic E-state index is 12.3. The maximum Gasteiger partial charge on any atom is 0.349 e. The first-order valence-electron chi connectivity index (χ1n) is 8.95. The van der Waals surface area contributed by atoms with Crippen LogP contribution in [0.5, 0.6) is 5.75 Å². The Labute approximate surface area is 174 Å². The Hall–Kier alpha value is -3.55. The van der Waals surface area contributed by atoms with Crippen LogP contribution in [0.3, 0.4) is 0 Å². The van der Waals surface area contributed by atoms with Crippen LogP contribution in [0.4, 0.5) is 0 Å². The molecular weight excluding hydrogens is 386 g/mol. The smallest absolute Gasteiger partial charge is 0.349 e. The fourth-order valence-corrected chi connectivity index (χ4v) is 2.69. The van der Waals surface area contributed by atoms with Crippen LogP contribution in [-0.4, -0.2) is 5.97 Å². The number of hydrogen-bond donors (Lipinski definition) is 0. The summed E-state index contributed by atoms with van der Waals surface area (Å²) in [5.41, 5.74) is 2.33. The Bertz CT molecular complexity index is 1040. The van der Waals surface area contributed by atoms with Crippen LogP contribution in [0.15, 0.2) is 84.4 Å². The van der Waals surface area contributed by atoms with E-state index in [4.69, 9.17) is 21.1 Å². The highest BCUT2D eigenvalue weighted by molar-refractivity contribution is 6.30. The number of ether oxygens (including phenoxy) is 2. The summed E-state index contributed by atoms with van der Waals surface area (Å²) in [5.74, 6) is -0.116. The second-order valence-electron chi connectivity index (χ2n) is 6.18. The molecule has 0 unspecified atom stereocenters. The molecule has 0 bridgehead atoms. The number of halogens is 1. The van der Waals surface area contributed by atoms with E-state index in [1.165, 1.54) is 6.08 Å². The van der Waals surface area contributed by atoms with Crippen molar-refractivity contribution in [2.24, 2.45) is 0 Å². The standard InChI is InChI=1S/C24H18ClNO3/c25-22-12-10-19(11-13-22)16-28-23-9-5-4-8-20(23)14-21(15-26)24(27)29-17-18-6-2-1-3-7-18/h1-14H,16-17H2/b21-14+. The number of nitriles is 1. The third kappa shape index (κ3) is 5.97. The van der Waals surface area contributed by atoms with Gasteiger partial charge in [-0.05, 0) is 35.4 Å². The molecular formula is C24H18ClNO3. The first-order chi connectivity index (χ1) is 14.2. The number of para-hydroxylation sites is 1. The molecule has 0 aromatic heterocycles. The maximum absolute atomic E-state index is 12.3. The molecule has 29 heavy (non-hydrogen) atoms. The molecule has 5 heteroatoms. The van der Waals surface area contributed by atoms with Gasteiger partial charge in [0.25, 0.3) is 0 Å². The van der Waals surface area contributed by atoms with Gasteiger partial charge in [0.05, 0.1) is 0 Å². The fraction of sp³-hybridized carbons (Fsp3) is 0.0833. The second-order valence-corrected chi connectivity index (χ2v) is 6.62. The molecule has 0 heterocycles. The van der Waals surface area contributed by atoms with E-state index in [0.29, 0.717) is 22.9 Å². The van der Waals surface area contributed by atoms with Crippen molar-refractivity contribution >= 4 is 23.6 Å². The Balaban J connectivity index is 1.71. The molecule has 144 valence electrons. The number of carbonyl (C=O) groups is 1. The Morgan fingerprint density at radius 2 is 1.55 bits per heavy atom. The molecule has 3 aromatic rings. The molecule has 4 nitrogen and oxygen atoms in total. The molecule has 0 atom stereocenters. The highest BCUT2D eigenvalue weighted by Crippen LogP contribution is 2.23. The van der Waals surface area contributed by atoms with Gasteiger partial charge >= 0.3 is 5.97 Å². The summed E-state index contributed by atoms with van der Waals surface area (Å²) in [6.07, 6.45) is 1.48. The van der Waals surface area contributed by atoms with E-state index in [1.807, 2.05) is 60.7 Å². The molecule has 0 radical (unpaired) electrons. The lowest BCUT2D eigenvalue weighted by atomic mass is 10.1. The van der Waals surface area contributed by atoms with E-state index >= 15 is 0 Å². The summed E-state index contributed by atoms with van der Waals surface area (Å²) >= 11 is 5.90. The zero-order chi connectivity index (χ0) is 20.5. The van der Waals surface area contributed by atoms with Crippen LogP contribution in [-0.2, 0) is 22.7 Å². The summed E-state index contributed by atoms with van der Waals surface area (Å²) in [6.45, 7) is 0.440. The lowest BCUT2D eigenvalue weighted by molar-refractivity contribution is -0.139. The van der Waals surface area contributed by atoms with Crippen molar-refractivity contribution in [2.75, 3.05) is 0 Å². The van der Waals surface area contributed by atoms with Crippen LogP contribution >= 0.6 is 11.6 Å². The van der Waals surface area contributed by atoms with E-state index in [9.17, 15) is 10.1 Å². The fourth-order valence-electron chi connectivity index (χ4n) is 2.57. The van der Waals surface area contributed by atoms with Gasteiger partial charge < -0.3 is 9.47 Å². The van der Waals surface area contributed by atoms with Crippen molar-refractivity contribution in [3.63, 3.8) is 0 Å². The lowest BCUT2D eigenvalue weighted by Gasteiger charge is -2.10. The normalized spacial score (nSPS) is 10.8. The number of carbonyl (C=O) groups excluding carboxylic acids is 1. The van der Waals surface area contributed by atoms with Crippen molar-refractivity contribution in [1.29, 1.82) is 5.26 Å². The number of benzene rings is 3. The van der Waals surface area contributed by atoms with Crippen LogP contribution < -0.4 is 4.74 Å². The largest absolute Gasteiger partial charge is 0.488 e. The lowest BCUT2D eigenvalue weighted by Crippen LogP contribution is -2.07. The van der Waals surface area contributed by atoms with E-state index in [1.54, 1.807) is 24.3 Å². The molecule has 3 aromatic carbocycles. The first kappa shape index (κ1) is 20.2. The predicted octanol–water partition coefficient (Wildman–Crippen LogP) is 5.57. The molecule has 0 spiro atoms. The minimum Gasteiger partial charge on any atom is -0.488 e. The van der Waals surface area contributed by atoms with Gasteiger partial charge in [-0.3, -0.25) is 0 Å². The van der Waals surface area contributed by atoms with Gasteiger partial charge in [0.15, 0.2) is 0 Å². The average Bonchev–Trinajstić information content (AvgIpc) is 2.77. The highest BCUT2D eigenvalue weighted by atomic mass is 35.5. The highest BCUT2D eigenvalue weighted by Gasteiger charge is 2.13. The van der Waals surface area contributed by atoms with Gasteiger partial charge in [0, 0.05) is 10.6 Å². The van der Waals surface area contributed by atoms with E-state index in [0.717, 1.165) is 11.1 Å². The summed E-state index contributed by atoms with van der Waals surface area (Å²) in [6, 6.07) is 25.8. The summed E-state index contributed by atoms with van der Waals surface area (Å²) in [4.78, 5) is 12.3. The van der Waals surface area contributed by atoms with Crippen molar-refractivity contribution < 1.29 is 14.3 Å². The van der Waals surface area contributed by atoms with Gasteiger partial charge in [-0.1, -0.05) is 72.3 Å². The minimum atomic E-state index is -0.677. The zero-order valence-corrected chi connectivity index (χ0v) is 16.3. The molecule has 0 saturated heterocycles. The Kier molecular flexibility index (Phi) is 7.05. The van der Waals surface area contributed by atoms with Crippen LogP contribution in [0, 0.1) is 11.3 Å². The summed E-state index contributed by atoms with van der Waals surface area (Å²) in [7, 11) is 0. The van der Waals surface area contributed by atoms with E-state index < -0.39 is 5.97 Å². The topological polar surface area (TPSA) is 59.3 Å². The van der Waals surface area contributed by atoms with Crippen molar-refractivity contribution in [2.45, 2.75) is 13.2 Å². The first-order valence-corrected chi connectivity index (χ1v) is 9.32. The molecule has 0 N–H and O–H groups in total. The molecule has 0 saturated carbocycles. The molecule has 0 aliphatic carbocycles. The van der Waals surface area contributed by atoms with Crippen molar-refractivity contribution in [3.8, 4) is 11.8 Å². The van der Waals surface area contributed by atoms with Crippen molar-refractivity contribution in [1.82, 2.24) is 0 Å². The minimum absolute atomic E-state index is 0.0940. The van der Waals surface area contributed by atoms with Gasteiger partial charge in [0.1, 0.15) is 30.6 Å². The van der Waals surface area contributed by atoms with Gasteiger partial charge in [0.2, 0.25) is 0 Å². The SMILES string of the molecule is N#C/C(=C\c1ccccc1OCc1ccc(Cl)cc1)C(=O)OCc1ccccc1. The third-order valence-corrected chi connectivity index (χ3v) is 4.33. The molecule has 3 rings (SSSR count). The number of rotatable bonds is 7. The monoisotopic (exact) mass is 403 g/mol. The molecule has 0 amide bonds. The summed E-state index contributed by atoms with van der Waals surface area (Å²) in [5, 5.41) is 10.1. The Morgan fingerprint density at radius 1 is 0.897 bits per heavy atom. The van der Waals surface area contributed by atoms with Crippen molar-refractivity contribution in [3.05, 3.63) is 106 Å².